The van der Waals surface area contributed by atoms with E-state index in [1.54, 1.807) is 0 Å². The number of hydrogen-bond acceptors (Lipinski definition) is 4. The monoisotopic (exact) mass is 349 g/mol. The van der Waals surface area contributed by atoms with Crippen molar-refractivity contribution < 1.29 is 4.52 Å². The Kier molecular flexibility index (Phi) is 6.09. The maximum absolute atomic E-state index is 6.16. The standard InChI is InChI=1S/C19H28ClN3O/c1-3-4-5-6-14-7-9-15(10-8-14)18-22-19(24-23-18)16-11-13(2)21-17(20)12-16/h11,14-15,17H,3-10,12H2,1-2H3. The summed E-state index contributed by atoms with van der Waals surface area (Å²) in [5, 5.41) is 4.26. The molecule has 0 N–H and O–H groups in total. The summed E-state index contributed by atoms with van der Waals surface area (Å²) in [7, 11) is 0. The highest BCUT2D eigenvalue weighted by Crippen LogP contribution is 2.37. The largest absolute Gasteiger partial charge is 0.334 e. The lowest BCUT2D eigenvalue weighted by atomic mass is 9.79. The second-order valence-electron chi connectivity index (χ2n) is 7.25. The number of dihydropyridines is 1. The van der Waals surface area contributed by atoms with Crippen LogP contribution in [0.4, 0.5) is 0 Å². The molecule has 5 heteroatoms. The van der Waals surface area contributed by atoms with Crippen LogP contribution < -0.4 is 0 Å². The molecule has 1 unspecified atom stereocenters. The Hall–Kier alpha value is -1.16. The van der Waals surface area contributed by atoms with E-state index in [2.05, 4.69) is 22.1 Å². The Labute approximate surface area is 149 Å². The fourth-order valence-electron chi connectivity index (χ4n) is 3.87. The van der Waals surface area contributed by atoms with Gasteiger partial charge in [-0.25, -0.2) is 0 Å². The van der Waals surface area contributed by atoms with Crippen molar-refractivity contribution >= 4 is 22.9 Å². The molecule has 0 aromatic carbocycles. The molecule has 0 amide bonds. The molecule has 0 radical (unpaired) electrons. The topological polar surface area (TPSA) is 51.3 Å². The number of nitrogens with zero attached hydrogens (tertiary/aromatic N) is 3. The van der Waals surface area contributed by atoms with E-state index in [9.17, 15) is 0 Å². The van der Waals surface area contributed by atoms with Gasteiger partial charge in [-0.1, -0.05) is 49.4 Å². The summed E-state index contributed by atoms with van der Waals surface area (Å²) in [4.78, 5) is 8.98. The zero-order valence-electron chi connectivity index (χ0n) is 14.8. The molecule has 2 heterocycles. The molecular formula is C19H28ClN3O. The van der Waals surface area contributed by atoms with Gasteiger partial charge in [-0.3, -0.25) is 4.99 Å². The third kappa shape index (κ3) is 4.47. The van der Waals surface area contributed by atoms with Crippen LogP contribution in [0.5, 0.6) is 0 Å². The van der Waals surface area contributed by atoms with Crippen molar-refractivity contribution in [1.29, 1.82) is 0 Å². The maximum atomic E-state index is 6.16. The number of halogens is 1. The normalized spacial score (nSPS) is 27.7. The molecule has 1 aliphatic carbocycles. The van der Waals surface area contributed by atoms with Crippen LogP contribution in [0.25, 0.3) is 5.57 Å². The lowest BCUT2D eigenvalue weighted by Crippen LogP contribution is -2.14. The predicted molar refractivity (Wildman–Crippen MR) is 98.5 cm³/mol. The van der Waals surface area contributed by atoms with Gasteiger partial charge >= 0.3 is 0 Å². The molecule has 0 bridgehead atoms. The average molecular weight is 350 g/mol. The molecule has 1 atom stereocenters. The first kappa shape index (κ1) is 17.7. The Morgan fingerprint density at radius 1 is 1.21 bits per heavy atom. The van der Waals surface area contributed by atoms with Gasteiger partial charge in [0, 0.05) is 23.6 Å². The van der Waals surface area contributed by atoms with E-state index in [4.69, 9.17) is 16.1 Å². The summed E-state index contributed by atoms with van der Waals surface area (Å²) in [6.07, 6.45) is 13.1. The predicted octanol–water partition coefficient (Wildman–Crippen LogP) is 5.74. The Bertz CT molecular complexity index is 600. The zero-order chi connectivity index (χ0) is 16.9. The van der Waals surface area contributed by atoms with E-state index in [0.29, 0.717) is 18.2 Å². The summed E-state index contributed by atoms with van der Waals surface area (Å²) in [5.74, 6) is 2.85. The summed E-state index contributed by atoms with van der Waals surface area (Å²) in [6.45, 7) is 4.22. The highest BCUT2D eigenvalue weighted by atomic mass is 35.5. The molecule has 1 aromatic rings. The number of aliphatic imine (C=N–C) groups is 1. The van der Waals surface area contributed by atoms with Crippen molar-refractivity contribution in [1.82, 2.24) is 10.1 Å². The molecule has 1 saturated carbocycles. The Balaban J connectivity index is 1.56. The molecular weight excluding hydrogens is 322 g/mol. The molecule has 2 aliphatic rings. The fraction of sp³-hybridized carbons (Fsp3) is 0.737. The van der Waals surface area contributed by atoms with Crippen molar-refractivity contribution in [2.45, 2.75) is 83.1 Å². The molecule has 1 aliphatic heterocycles. The lowest BCUT2D eigenvalue weighted by molar-refractivity contribution is 0.291. The van der Waals surface area contributed by atoms with E-state index >= 15 is 0 Å². The second kappa shape index (κ2) is 8.28. The molecule has 24 heavy (non-hydrogen) atoms. The summed E-state index contributed by atoms with van der Waals surface area (Å²) >= 11 is 6.16. The first-order valence-electron chi connectivity index (χ1n) is 9.38. The molecule has 4 nitrogen and oxygen atoms in total. The highest BCUT2D eigenvalue weighted by molar-refractivity contribution is 6.22. The number of aromatic nitrogens is 2. The third-order valence-corrected chi connectivity index (χ3v) is 5.51. The van der Waals surface area contributed by atoms with Crippen molar-refractivity contribution in [2.24, 2.45) is 10.9 Å². The van der Waals surface area contributed by atoms with Crippen LogP contribution >= 0.6 is 11.6 Å². The van der Waals surface area contributed by atoms with Crippen LogP contribution in [0.15, 0.2) is 15.6 Å². The van der Waals surface area contributed by atoms with Gasteiger partial charge in [0.05, 0.1) is 0 Å². The summed E-state index contributed by atoms with van der Waals surface area (Å²) in [6, 6.07) is 0. The average Bonchev–Trinajstić information content (AvgIpc) is 3.05. The number of unbranched alkanes of at least 4 members (excludes halogenated alkanes) is 2. The number of rotatable bonds is 6. The fourth-order valence-corrected chi connectivity index (χ4v) is 4.19. The molecule has 0 saturated heterocycles. The van der Waals surface area contributed by atoms with Crippen molar-refractivity contribution in [2.75, 3.05) is 0 Å². The Morgan fingerprint density at radius 2 is 2.00 bits per heavy atom. The minimum Gasteiger partial charge on any atom is -0.334 e. The second-order valence-corrected chi connectivity index (χ2v) is 7.75. The van der Waals surface area contributed by atoms with E-state index < -0.39 is 0 Å². The van der Waals surface area contributed by atoms with Crippen LogP contribution in [-0.2, 0) is 0 Å². The van der Waals surface area contributed by atoms with Crippen LogP contribution in [0.1, 0.15) is 89.3 Å². The zero-order valence-corrected chi connectivity index (χ0v) is 15.6. The van der Waals surface area contributed by atoms with Gasteiger partial charge in [-0.05, 0) is 44.6 Å². The Morgan fingerprint density at radius 3 is 2.71 bits per heavy atom. The van der Waals surface area contributed by atoms with Crippen molar-refractivity contribution in [3.05, 3.63) is 17.8 Å². The summed E-state index contributed by atoms with van der Waals surface area (Å²) < 4.78 is 5.52. The van der Waals surface area contributed by atoms with Gasteiger partial charge in [0.25, 0.3) is 5.89 Å². The maximum Gasteiger partial charge on any atom is 0.254 e. The molecule has 1 fully saturated rings. The first-order chi connectivity index (χ1) is 11.7. The smallest absolute Gasteiger partial charge is 0.254 e. The minimum atomic E-state index is -0.223. The van der Waals surface area contributed by atoms with E-state index in [1.165, 1.54) is 51.4 Å². The number of allylic oxidation sites excluding steroid dienone is 1. The van der Waals surface area contributed by atoms with Crippen LogP contribution in [-0.4, -0.2) is 21.4 Å². The van der Waals surface area contributed by atoms with Gasteiger partial charge in [0.1, 0.15) is 5.50 Å². The lowest BCUT2D eigenvalue weighted by Gasteiger charge is -2.26. The van der Waals surface area contributed by atoms with Crippen LogP contribution in [0, 0.1) is 5.92 Å². The third-order valence-electron chi connectivity index (χ3n) is 5.26. The summed E-state index contributed by atoms with van der Waals surface area (Å²) in [5.41, 5.74) is 1.71. The van der Waals surface area contributed by atoms with Gasteiger partial charge in [-0.15, -0.1) is 0 Å². The number of hydrogen-bond donors (Lipinski definition) is 0. The van der Waals surface area contributed by atoms with E-state index in [0.717, 1.165) is 23.0 Å². The number of alkyl halides is 1. The van der Waals surface area contributed by atoms with Gasteiger partial charge in [0.15, 0.2) is 5.82 Å². The van der Waals surface area contributed by atoms with Crippen molar-refractivity contribution in [3.63, 3.8) is 0 Å². The molecule has 132 valence electrons. The van der Waals surface area contributed by atoms with Gasteiger partial charge < -0.3 is 4.52 Å². The van der Waals surface area contributed by atoms with E-state index in [-0.39, 0.29) is 5.50 Å². The minimum absolute atomic E-state index is 0.223. The quantitative estimate of drug-likeness (QED) is 0.374. The molecule has 0 spiro atoms. The molecule has 1 aromatic heterocycles. The molecule has 3 rings (SSSR count). The highest BCUT2D eigenvalue weighted by Gasteiger charge is 2.27. The first-order valence-corrected chi connectivity index (χ1v) is 9.82. The van der Waals surface area contributed by atoms with Gasteiger partial charge in [-0.2, -0.15) is 4.98 Å². The van der Waals surface area contributed by atoms with Crippen molar-refractivity contribution in [3.8, 4) is 0 Å². The van der Waals surface area contributed by atoms with E-state index in [1.807, 2.05) is 13.0 Å². The SMILES string of the molecule is CCCCCC1CCC(c2noc(C3=CC(C)=NC(Cl)C3)n2)CC1. The van der Waals surface area contributed by atoms with Crippen LogP contribution in [0.3, 0.4) is 0 Å². The van der Waals surface area contributed by atoms with Gasteiger partial charge in [0.2, 0.25) is 0 Å². The van der Waals surface area contributed by atoms with Crippen LogP contribution in [0.2, 0.25) is 0 Å².